The number of carbonyl (C=O) groups excluding carboxylic acids is 1. The van der Waals surface area contributed by atoms with Crippen molar-refractivity contribution in [2.24, 2.45) is 0 Å². The van der Waals surface area contributed by atoms with Crippen LogP contribution in [0.1, 0.15) is 24.8 Å². The number of ether oxygens (including phenoxy) is 1. The maximum Gasteiger partial charge on any atom is 0.321 e. The molecule has 0 radical (unpaired) electrons. The third kappa shape index (κ3) is 5.07. The summed E-state index contributed by atoms with van der Waals surface area (Å²) in [5.41, 5.74) is 2.78. The fourth-order valence-electron chi connectivity index (χ4n) is 3.27. The maximum absolute atomic E-state index is 12.5. The summed E-state index contributed by atoms with van der Waals surface area (Å²) in [6, 6.07) is 13.2. The van der Waals surface area contributed by atoms with Crippen LogP contribution in [0, 0.1) is 0 Å². The Morgan fingerprint density at radius 1 is 1.15 bits per heavy atom. The van der Waals surface area contributed by atoms with Crippen molar-refractivity contribution >= 4 is 29.0 Å². The number of piperidine rings is 1. The highest BCUT2D eigenvalue weighted by Crippen LogP contribution is 2.31. The molecule has 1 aliphatic rings. The van der Waals surface area contributed by atoms with Crippen LogP contribution in [0.2, 0.25) is 5.02 Å². The highest BCUT2D eigenvalue weighted by molar-refractivity contribution is 6.33. The number of anilines is 2. The molecular weight excluding hydrogens is 362 g/mol. The van der Waals surface area contributed by atoms with E-state index >= 15 is 0 Å². The van der Waals surface area contributed by atoms with Gasteiger partial charge in [0.25, 0.3) is 0 Å². The predicted molar refractivity (Wildman–Crippen MR) is 111 cm³/mol. The summed E-state index contributed by atoms with van der Waals surface area (Å²) in [6.07, 6.45) is 3.68. The van der Waals surface area contributed by atoms with Crippen LogP contribution < -0.4 is 15.0 Å². The summed E-state index contributed by atoms with van der Waals surface area (Å²) in [5, 5.41) is 3.59. The first kappa shape index (κ1) is 19.4. The van der Waals surface area contributed by atoms with Crippen LogP contribution >= 0.6 is 11.6 Å². The van der Waals surface area contributed by atoms with Crippen molar-refractivity contribution < 1.29 is 9.53 Å². The molecule has 2 aromatic carbocycles. The summed E-state index contributed by atoms with van der Waals surface area (Å²) >= 11 is 6.47. The number of hydrogen-bond donors (Lipinski definition) is 1. The first-order valence-corrected chi connectivity index (χ1v) is 9.64. The molecule has 6 heteroatoms. The lowest BCUT2D eigenvalue weighted by molar-refractivity contribution is 0.220. The number of nitrogens with one attached hydrogen (secondary N) is 1. The Labute approximate surface area is 165 Å². The highest BCUT2D eigenvalue weighted by Gasteiger charge is 2.15. The molecular formula is C21H26ClN3O2. The average Bonchev–Trinajstić information content (AvgIpc) is 2.69. The Hall–Kier alpha value is -2.40. The molecule has 1 heterocycles. The second kappa shape index (κ2) is 9.00. The first-order chi connectivity index (χ1) is 13.1. The number of rotatable bonds is 5. The second-order valence-electron chi connectivity index (χ2n) is 6.85. The van der Waals surface area contributed by atoms with E-state index in [1.54, 1.807) is 19.1 Å². The van der Waals surface area contributed by atoms with E-state index in [1.807, 2.05) is 42.5 Å². The SMILES string of the molecule is COc1ccc(CN(C)C(=O)Nc2ccc(N3CCCCC3)c(Cl)c2)cc1. The third-order valence-corrected chi connectivity index (χ3v) is 5.12. The van der Waals surface area contributed by atoms with Gasteiger partial charge in [0.1, 0.15) is 5.75 Å². The molecule has 0 atom stereocenters. The molecule has 0 aromatic heterocycles. The van der Waals surface area contributed by atoms with Crippen molar-refractivity contribution in [1.82, 2.24) is 4.90 Å². The molecule has 0 unspecified atom stereocenters. The van der Waals surface area contributed by atoms with Crippen LogP contribution in [-0.4, -0.2) is 38.2 Å². The van der Waals surface area contributed by atoms with E-state index in [2.05, 4.69) is 10.2 Å². The monoisotopic (exact) mass is 387 g/mol. The Kier molecular flexibility index (Phi) is 6.45. The van der Waals surface area contributed by atoms with Gasteiger partial charge in [-0.05, 0) is 55.2 Å². The number of hydrogen-bond acceptors (Lipinski definition) is 3. The minimum absolute atomic E-state index is 0.174. The summed E-state index contributed by atoms with van der Waals surface area (Å²) in [6.45, 7) is 2.58. The van der Waals surface area contributed by atoms with Gasteiger partial charge in [-0.15, -0.1) is 0 Å². The molecule has 0 saturated carbocycles. The molecule has 27 heavy (non-hydrogen) atoms. The molecule has 0 aliphatic carbocycles. The lowest BCUT2D eigenvalue weighted by Crippen LogP contribution is -2.31. The molecule has 144 valence electrons. The number of amides is 2. The van der Waals surface area contributed by atoms with E-state index in [0.29, 0.717) is 17.3 Å². The maximum atomic E-state index is 12.5. The fourth-order valence-corrected chi connectivity index (χ4v) is 3.57. The van der Waals surface area contributed by atoms with Gasteiger partial charge in [0, 0.05) is 32.4 Å². The van der Waals surface area contributed by atoms with Crippen LogP contribution in [0.5, 0.6) is 5.75 Å². The lowest BCUT2D eigenvalue weighted by atomic mass is 10.1. The Bertz CT molecular complexity index is 773. The van der Waals surface area contributed by atoms with Crippen LogP contribution in [0.15, 0.2) is 42.5 Å². The number of halogens is 1. The molecule has 1 saturated heterocycles. The van der Waals surface area contributed by atoms with Gasteiger partial charge < -0.3 is 19.9 Å². The fraction of sp³-hybridized carbons (Fsp3) is 0.381. The smallest absolute Gasteiger partial charge is 0.321 e. The van der Waals surface area contributed by atoms with Gasteiger partial charge in [-0.3, -0.25) is 0 Å². The van der Waals surface area contributed by atoms with Crippen molar-refractivity contribution in [1.29, 1.82) is 0 Å². The van der Waals surface area contributed by atoms with Crippen LogP contribution in [0.25, 0.3) is 0 Å². The molecule has 0 bridgehead atoms. The summed E-state index contributed by atoms with van der Waals surface area (Å²) < 4.78 is 5.16. The van der Waals surface area contributed by atoms with E-state index < -0.39 is 0 Å². The number of urea groups is 1. The highest BCUT2D eigenvalue weighted by atomic mass is 35.5. The van der Waals surface area contributed by atoms with Crippen molar-refractivity contribution in [3.8, 4) is 5.75 Å². The predicted octanol–water partition coefficient (Wildman–Crippen LogP) is 5.00. The van der Waals surface area contributed by atoms with Crippen LogP contribution in [-0.2, 0) is 6.54 Å². The minimum Gasteiger partial charge on any atom is -0.497 e. The Balaban J connectivity index is 1.59. The first-order valence-electron chi connectivity index (χ1n) is 9.26. The minimum atomic E-state index is -0.174. The van der Waals surface area contributed by atoms with E-state index in [4.69, 9.17) is 16.3 Å². The van der Waals surface area contributed by atoms with Crippen molar-refractivity contribution in [2.75, 3.05) is 37.5 Å². The Morgan fingerprint density at radius 2 is 1.85 bits per heavy atom. The normalized spacial score (nSPS) is 14.0. The molecule has 1 fully saturated rings. The molecule has 2 aromatic rings. The van der Waals surface area contributed by atoms with Gasteiger partial charge in [0.15, 0.2) is 0 Å². The van der Waals surface area contributed by atoms with Crippen molar-refractivity contribution in [2.45, 2.75) is 25.8 Å². The van der Waals surface area contributed by atoms with Gasteiger partial charge >= 0.3 is 6.03 Å². The Morgan fingerprint density at radius 3 is 2.48 bits per heavy atom. The summed E-state index contributed by atoms with van der Waals surface area (Å²) in [7, 11) is 3.40. The zero-order chi connectivity index (χ0) is 19.2. The van der Waals surface area contributed by atoms with E-state index in [1.165, 1.54) is 19.3 Å². The topological polar surface area (TPSA) is 44.8 Å². The average molecular weight is 388 g/mol. The third-order valence-electron chi connectivity index (χ3n) is 4.82. The van der Waals surface area contributed by atoms with E-state index in [0.717, 1.165) is 30.1 Å². The molecule has 1 N–H and O–H groups in total. The second-order valence-corrected chi connectivity index (χ2v) is 7.26. The quantitative estimate of drug-likeness (QED) is 0.784. The van der Waals surface area contributed by atoms with Gasteiger partial charge in [0.2, 0.25) is 0 Å². The van der Waals surface area contributed by atoms with Crippen LogP contribution in [0.3, 0.4) is 0 Å². The number of nitrogens with zero attached hydrogens (tertiary/aromatic N) is 2. The van der Waals surface area contributed by atoms with Gasteiger partial charge in [0.05, 0.1) is 17.8 Å². The summed E-state index contributed by atoms with van der Waals surface area (Å²) in [4.78, 5) is 16.4. The van der Waals surface area contributed by atoms with E-state index in [9.17, 15) is 4.79 Å². The van der Waals surface area contributed by atoms with Crippen molar-refractivity contribution in [3.05, 3.63) is 53.1 Å². The molecule has 3 rings (SSSR count). The molecule has 5 nitrogen and oxygen atoms in total. The van der Waals surface area contributed by atoms with Crippen LogP contribution in [0.4, 0.5) is 16.2 Å². The molecule has 0 spiro atoms. The van der Waals surface area contributed by atoms with Gasteiger partial charge in [-0.2, -0.15) is 0 Å². The van der Waals surface area contributed by atoms with Crippen molar-refractivity contribution in [3.63, 3.8) is 0 Å². The summed E-state index contributed by atoms with van der Waals surface area (Å²) in [5.74, 6) is 0.800. The largest absolute Gasteiger partial charge is 0.497 e. The molecule has 1 aliphatic heterocycles. The zero-order valence-electron chi connectivity index (χ0n) is 15.9. The standard InChI is InChI=1S/C21H26ClN3O2/c1-24(15-16-6-9-18(27-2)10-7-16)21(26)23-17-8-11-20(19(22)14-17)25-12-4-3-5-13-25/h6-11,14H,3-5,12-13,15H2,1-2H3,(H,23,26). The number of carbonyl (C=O) groups is 1. The van der Waals surface area contributed by atoms with Gasteiger partial charge in [-0.1, -0.05) is 23.7 Å². The molecule has 2 amide bonds. The lowest BCUT2D eigenvalue weighted by Gasteiger charge is -2.29. The van der Waals surface area contributed by atoms with Gasteiger partial charge in [-0.25, -0.2) is 4.79 Å². The van der Waals surface area contributed by atoms with E-state index in [-0.39, 0.29) is 6.03 Å². The zero-order valence-corrected chi connectivity index (χ0v) is 16.6. The number of benzene rings is 2. The number of methoxy groups -OCH3 is 1.